The molecule has 22 heavy (non-hydrogen) atoms. The number of aromatic nitrogens is 1. The van der Waals surface area contributed by atoms with Crippen molar-refractivity contribution in [3.8, 4) is 0 Å². The first kappa shape index (κ1) is 15.3. The third kappa shape index (κ3) is 2.81. The highest BCUT2D eigenvalue weighted by atomic mass is 32.2. The molecule has 2 aromatic rings. The molecule has 1 aliphatic heterocycles. The standard InChI is InChI=1S/C14H18N2O5S/c1-2-16-12-6-5-11(8-13(12)21-14(16)17)22(18,19)15-9-10-4-3-7-20-10/h5-6,8,10,15H,2-4,7,9H2,1H3/t10-/m1/s1. The van der Waals surface area contributed by atoms with Crippen LogP contribution in [-0.2, 0) is 21.3 Å². The van der Waals surface area contributed by atoms with Crippen LogP contribution in [0.25, 0.3) is 11.1 Å². The zero-order valence-electron chi connectivity index (χ0n) is 12.2. The monoisotopic (exact) mass is 326 g/mol. The van der Waals surface area contributed by atoms with Gasteiger partial charge in [-0.05, 0) is 31.9 Å². The third-order valence-electron chi connectivity index (χ3n) is 3.79. The van der Waals surface area contributed by atoms with E-state index >= 15 is 0 Å². The number of hydrogen-bond acceptors (Lipinski definition) is 5. The topological polar surface area (TPSA) is 90.5 Å². The lowest BCUT2D eigenvalue weighted by Gasteiger charge is -2.11. The normalized spacial score (nSPS) is 19.0. The molecule has 7 nitrogen and oxygen atoms in total. The zero-order chi connectivity index (χ0) is 15.7. The Morgan fingerprint density at radius 1 is 1.41 bits per heavy atom. The van der Waals surface area contributed by atoms with Crippen LogP contribution in [0.2, 0.25) is 0 Å². The highest BCUT2D eigenvalue weighted by molar-refractivity contribution is 7.89. The third-order valence-corrected chi connectivity index (χ3v) is 5.21. The second-order valence-corrected chi connectivity index (χ2v) is 7.00. The molecular weight excluding hydrogens is 308 g/mol. The van der Waals surface area contributed by atoms with E-state index < -0.39 is 15.8 Å². The minimum absolute atomic E-state index is 0.0717. The van der Waals surface area contributed by atoms with Gasteiger partial charge in [0.05, 0.1) is 16.5 Å². The number of sulfonamides is 1. The first-order valence-corrected chi connectivity index (χ1v) is 8.74. The number of nitrogens with one attached hydrogen (secondary N) is 1. The van der Waals surface area contributed by atoms with Gasteiger partial charge >= 0.3 is 5.76 Å². The van der Waals surface area contributed by atoms with Gasteiger partial charge in [0, 0.05) is 25.8 Å². The van der Waals surface area contributed by atoms with E-state index in [-0.39, 0.29) is 23.1 Å². The van der Waals surface area contributed by atoms with Crippen molar-refractivity contribution in [2.75, 3.05) is 13.2 Å². The number of nitrogens with zero attached hydrogens (tertiary/aromatic N) is 1. The fourth-order valence-electron chi connectivity index (χ4n) is 2.60. The second-order valence-electron chi connectivity index (χ2n) is 5.23. The molecule has 1 saturated heterocycles. The summed E-state index contributed by atoms with van der Waals surface area (Å²) in [6, 6.07) is 4.44. The van der Waals surface area contributed by atoms with E-state index in [1.807, 2.05) is 6.92 Å². The summed E-state index contributed by atoms with van der Waals surface area (Å²) in [7, 11) is -3.65. The average molecular weight is 326 g/mol. The maximum absolute atomic E-state index is 12.3. The van der Waals surface area contributed by atoms with Gasteiger partial charge in [-0.25, -0.2) is 17.9 Å². The molecule has 0 bridgehead atoms. The van der Waals surface area contributed by atoms with Gasteiger partial charge in [-0.3, -0.25) is 4.57 Å². The van der Waals surface area contributed by atoms with Crippen LogP contribution in [0.1, 0.15) is 19.8 Å². The molecular formula is C14H18N2O5S. The fraction of sp³-hybridized carbons (Fsp3) is 0.500. The molecule has 0 unspecified atom stereocenters. The Bertz CT molecular complexity index is 831. The molecule has 0 amide bonds. The molecule has 2 heterocycles. The molecule has 0 spiro atoms. The quantitative estimate of drug-likeness (QED) is 0.887. The molecule has 3 rings (SSSR count). The number of fused-ring (bicyclic) bond motifs is 1. The smallest absolute Gasteiger partial charge is 0.408 e. The predicted octanol–water partition coefficient (Wildman–Crippen LogP) is 1.07. The van der Waals surface area contributed by atoms with Gasteiger partial charge in [-0.1, -0.05) is 0 Å². The number of hydrogen-bond donors (Lipinski definition) is 1. The zero-order valence-corrected chi connectivity index (χ0v) is 13.1. The summed E-state index contributed by atoms with van der Waals surface area (Å²) in [5.74, 6) is -0.487. The van der Waals surface area contributed by atoms with Crippen molar-refractivity contribution in [3.05, 3.63) is 28.7 Å². The summed E-state index contributed by atoms with van der Waals surface area (Å²) in [6.45, 7) is 3.22. The fourth-order valence-corrected chi connectivity index (χ4v) is 3.69. The lowest BCUT2D eigenvalue weighted by molar-refractivity contribution is 0.114. The summed E-state index contributed by atoms with van der Waals surface area (Å²) in [5.41, 5.74) is 0.859. The first-order chi connectivity index (χ1) is 10.5. The Morgan fingerprint density at radius 3 is 2.91 bits per heavy atom. The van der Waals surface area contributed by atoms with Crippen molar-refractivity contribution < 1.29 is 17.6 Å². The molecule has 0 aliphatic carbocycles. The first-order valence-electron chi connectivity index (χ1n) is 7.26. The Hall–Kier alpha value is -1.64. The van der Waals surface area contributed by atoms with E-state index in [1.54, 1.807) is 6.07 Å². The average Bonchev–Trinajstić information content (AvgIpc) is 3.10. The van der Waals surface area contributed by atoms with E-state index in [1.165, 1.54) is 16.7 Å². The lowest BCUT2D eigenvalue weighted by atomic mass is 10.2. The van der Waals surface area contributed by atoms with Gasteiger partial charge in [0.2, 0.25) is 10.0 Å². The maximum atomic E-state index is 12.3. The molecule has 1 N–H and O–H groups in total. The number of oxazole rings is 1. The summed E-state index contributed by atoms with van der Waals surface area (Å²) < 4.78 is 39.1. The van der Waals surface area contributed by atoms with Crippen LogP contribution in [0.5, 0.6) is 0 Å². The Balaban J connectivity index is 1.86. The predicted molar refractivity (Wildman–Crippen MR) is 80.3 cm³/mol. The minimum atomic E-state index is -3.65. The van der Waals surface area contributed by atoms with Crippen LogP contribution in [0.4, 0.5) is 0 Å². The molecule has 1 aliphatic rings. The van der Waals surface area contributed by atoms with Gasteiger partial charge < -0.3 is 9.15 Å². The number of ether oxygens (including phenoxy) is 1. The SMILES string of the molecule is CCn1c(=O)oc2cc(S(=O)(=O)NC[C@H]3CCCO3)ccc21. The lowest BCUT2D eigenvalue weighted by Crippen LogP contribution is -2.31. The van der Waals surface area contributed by atoms with Gasteiger partial charge in [0.1, 0.15) is 0 Å². The van der Waals surface area contributed by atoms with E-state index in [4.69, 9.17) is 9.15 Å². The van der Waals surface area contributed by atoms with E-state index in [9.17, 15) is 13.2 Å². The maximum Gasteiger partial charge on any atom is 0.419 e. The van der Waals surface area contributed by atoms with Gasteiger partial charge in [0.25, 0.3) is 0 Å². The Kier molecular flexibility index (Phi) is 4.07. The van der Waals surface area contributed by atoms with Gasteiger partial charge in [-0.2, -0.15) is 0 Å². The van der Waals surface area contributed by atoms with Crippen LogP contribution in [0.3, 0.4) is 0 Å². The summed E-state index contributed by atoms with van der Waals surface area (Å²) in [4.78, 5) is 11.7. The highest BCUT2D eigenvalue weighted by Crippen LogP contribution is 2.19. The van der Waals surface area contributed by atoms with Crippen molar-refractivity contribution in [1.82, 2.24) is 9.29 Å². The number of rotatable bonds is 5. The summed E-state index contributed by atoms with van der Waals surface area (Å²) in [6.07, 6.45) is 1.74. The number of aryl methyl sites for hydroxylation is 1. The molecule has 1 aromatic heterocycles. The minimum Gasteiger partial charge on any atom is -0.408 e. The van der Waals surface area contributed by atoms with E-state index in [0.29, 0.717) is 18.7 Å². The van der Waals surface area contributed by atoms with Crippen LogP contribution < -0.4 is 10.5 Å². The van der Waals surface area contributed by atoms with Crippen LogP contribution >= 0.6 is 0 Å². The highest BCUT2D eigenvalue weighted by Gasteiger charge is 2.21. The Morgan fingerprint density at radius 2 is 2.23 bits per heavy atom. The number of benzene rings is 1. The Labute approximate surface area is 127 Å². The van der Waals surface area contributed by atoms with Crippen molar-refractivity contribution in [2.24, 2.45) is 0 Å². The van der Waals surface area contributed by atoms with E-state index in [2.05, 4.69) is 4.72 Å². The molecule has 0 radical (unpaired) electrons. The van der Waals surface area contributed by atoms with E-state index in [0.717, 1.165) is 12.8 Å². The van der Waals surface area contributed by atoms with Gasteiger partial charge in [0.15, 0.2) is 5.58 Å². The van der Waals surface area contributed by atoms with Crippen molar-refractivity contribution in [3.63, 3.8) is 0 Å². The molecule has 120 valence electrons. The molecule has 1 atom stereocenters. The van der Waals surface area contributed by atoms with Gasteiger partial charge in [-0.15, -0.1) is 0 Å². The molecule has 0 saturated carbocycles. The molecule has 8 heteroatoms. The van der Waals surface area contributed by atoms with Crippen LogP contribution in [0.15, 0.2) is 32.3 Å². The summed E-state index contributed by atoms with van der Waals surface area (Å²) >= 11 is 0. The second kappa shape index (κ2) is 5.86. The van der Waals surface area contributed by atoms with Crippen molar-refractivity contribution in [1.29, 1.82) is 0 Å². The molecule has 1 fully saturated rings. The summed E-state index contributed by atoms with van der Waals surface area (Å²) in [5, 5.41) is 0. The van der Waals surface area contributed by atoms with Crippen LogP contribution in [-0.4, -0.2) is 32.2 Å². The molecule has 1 aromatic carbocycles. The van der Waals surface area contributed by atoms with Crippen molar-refractivity contribution >= 4 is 21.1 Å². The largest absolute Gasteiger partial charge is 0.419 e. The van der Waals surface area contributed by atoms with Crippen molar-refractivity contribution in [2.45, 2.75) is 37.3 Å². The van der Waals surface area contributed by atoms with Crippen LogP contribution in [0, 0.1) is 0 Å².